The van der Waals surface area contributed by atoms with Gasteiger partial charge in [0.15, 0.2) is 6.10 Å². The number of nitrogens with two attached hydrogens (primary N) is 1. The summed E-state index contributed by atoms with van der Waals surface area (Å²) < 4.78 is 5.12. The molecular formula is C11H13N3O4. The molecule has 3 N–H and O–H groups in total. The van der Waals surface area contributed by atoms with Gasteiger partial charge in [0.25, 0.3) is 5.91 Å². The van der Waals surface area contributed by atoms with Crippen LogP contribution in [0.2, 0.25) is 0 Å². The molecule has 1 aliphatic rings. The molecule has 1 fully saturated rings. The maximum absolute atomic E-state index is 11.0. The van der Waals surface area contributed by atoms with Crippen molar-refractivity contribution in [1.29, 1.82) is 0 Å². The third-order valence-electron chi connectivity index (χ3n) is 2.70. The molecule has 7 nitrogen and oxygen atoms in total. The highest BCUT2D eigenvalue weighted by Gasteiger charge is 2.26. The molecule has 2 rings (SSSR count). The number of hydrogen-bond donors (Lipinski definition) is 2. The Hall–Kier alpha value is -2.15. The van der Waals surface area contributed by atoms with Gasteiger partial charge in [-0.3, -0.25) is 9.78 Å². The van der Waals surface area contributed by atoms with Gasteiger partial charge in [-0.25, -0.2) is 4.79 Å². The number of morpholine rings is 1. The summed E-state index contributed by atoms with van der Waals surface area (Å²) in [6.45, 7) is 1.12. The van der Waals surface area contributed by atoms with Gasteiger partial charge in [0.1, 0.15) is 5.69 Å². The van der Waals surface area contributed by atoms with Crippen molar-refractivity contribution in [3.63, 3.8) is 0 Å². The molecule has 1 aromatic rings. The van der Waals surface area contributed by atoms with E-state index in [0.717, 1.165) is 0 Å². The number of hydrogen-bond acceptors (Lipinski definition) is 5. The predicted octanol–water partition coefficient (Wildman–Crippen LogP) is -0.530. The lowest BCUT2D eigenvalue weighted by Crippen LogP contribution is -2.46. The fourth-order valence-corrected chi connectivity index (χ4v) is 1.78. The molecule has 96 valence electrons. The summed E-state index contributed by atoms with van der Waals surface area (Å²) in [5.74, 6) is -1.61. The molecule has 0 radical (unpaired) electrons. The molecule has 0 saturated carbocycles. The van der Waals surface area contributed by atoms with Crippen molar-refractivity contribution in [2.24, 2.45) is 5.73 Å². The van der Waals surface area contributed by atoms with Crippen LogP contribution in [0, 0.1) is 0 Å². The van der Waals surface area contributed by atoms with Crippen LogP contribution in [0.3, 0.4) is 0 Å². The van der Waals surface area contributed by atoms with Crippen LogP contribution in [0.1, 0.15) is 10.5 Å². The molecule has 0 aliphatic carbocycles. The minimum absolute atomic E-state index is 0.158. The summed E-state index contributed by atoms with van der Waals surface area (Å²) in [6.07, 6.45) is 0.615. The maximum Gasteiger partial charge on any atom is 0.334 e. The average molecular weight is 251 g/mol. The second kappa shape index (κ2) is 5.01. The zero-order chi connectivity index (χ0) is 13.1. The number of rotatable bonds is 3. The van der Waals surface area contributed by atoms with E-state index >= 15 is 0 Å². The Bertz CT molecular complexity index is 477. The van der Waals surface area contributed by atoms with E-state index in [1.807, 2.05) is 4.90 Å². The number of carboxylic acid groups (broad SMARTS) is 1. The average Bonchev–Trinajstić information content (AvgIpc) is 2.39. The van der Waals surface area contributed by atoms with Crippen molar-refractivity contribution in [3.05, 3.63) is 24.0 Å². The largest absolute Gasteiger partial charge is 0.479 e. The number of primary amides is 1. The molecule has 1 aliphatic heterocycles. The minimum atomic E-state index is -0.996. The van der Waals surface area contributed by atoms with Crippen LogP contribution in [-0.2, 0) is 9.53 Å². The van der Waals surface area contributed by atoms with E-state index in [9.17, 15) is 9.59 Å². The first-order valence-electron chi connectivity index (χ1n) is 5.43. The van der Waals surface area contributed by atoms with Gasteiger partial charge < -0.3 is 20.5 Å². The smallest absolute Gasteiger partial charge is 0.334 e. The number of aromatic nitrogens is 1. The summed E-state index contributed by atoms with van der Waals surface area (Å²) in [6, 6.07) is 3.25. The molecule has 0 spiro atoms. The zero-order valence-electron chi connectivity index (χ0n) is 9.57. The number of amides is 1. The van der Waals surface area contributed by atoms with Gasteiger partial charge in [-0.2, -0.15) is 0 Å². The van der Waals surface area contributed by atoms with E-state index in [2.05, 4.69) is 4.98 Å². The van der Waals surface area contributed by atoms with Gasteiger partial charge in [-0.1, -0.05) is 0 Å². The molecule has 0 bridgehead atoms. The molecule has 1 atom stereocenters. The number of pyridine rings is 1. The first kappa shape index (κ1) is 12.3. The molecular weight excluding hydrogens is 238 g/mol. The summed E-state index contributed by atoms with van der Waals surface area (Å²) in [4.78, 5) is 27.6. The molecule has 1 amide bonds. The van der Waals surface area contributed by atoms with Gasteiger partial charge in [-0.15, -0.1) is 0 Å². The van der Waals surface area contributed by atoms with Crippen LogP contribution in [-0.4, -0.2) is 47.8 Å². The van der Waals surface area contributed by atoms with E-state index in [4.69, 9.17) is 15.6 Å². The number of carbonyl (C=O) groups is 2. The van der Waals surface area contributed by atoms with Crippen molar-refractivity contribution < 1.29 is 19.4 Å². The maximum atomic E-state index is 11.0. The summed E-state index contributed by atoms with van der Waals surface area (Å²) in [5, 5.41) is 8.91. The Labute approximate surface area is 103 Å². The SMILES string of the molecule is NC(=O)c1cc(N2CCOC(C(=O)O)C2)ccn1. The predicted molar refractivity (Wildman–Crippen MR) is 62.3 cm³/mol. The summed E-state index contributed by atoms with van der Waals surface area (Å²) >= 11 is 0. The number of aliphatic carboxylic acids is 1. The molecule has 18 heavy (non-hydrogen) atoms. The van der Waals surface area contributed by atoms with Gasteiger partial charge in [0.05, 0.1) is 13.2 Å². The standard InChI is InChI=1S/C11H13N3O4/c12-10(15)8-5-7(1-2-13-8)14-3-4-18-9(6-14)11(16)17/h1-2,5,9H,3-4,6H2,(H2,12,15)(H,16,17). The lowest BCUT2D eigenvalue weighted by molar-refractivity contribution is -0.150. The van der Waals surface area contributed by atoms with Crippen LogP contribution >= 0.6 is 0 Å². The Morgan fingerprint density at radius 1 is 1.56 bits per heavy atom. The Kier molecular flexibility index (Phi) is 3.42. The molecule has 1 unspecified atom stereocenters. The third-order valence-corrected chi connectivity index (χ3v) is 2.70. The molecule has 2 heterocycles. The second-order valence-corrected chi connectivity index (χ2v) is 3.91. The highest BCUT2D eigenvalue weighted by Crippen LogP contribution is 2.18. The molecule has 7 heteroatoms. The van der Waals surface area contributed by atoms with E-state index in [-0.39, 0.29) is 12.2 Å². The van der Waals surface area contributed by atoms with Crippen molar-refractivity contribution in [2.45, 2.75) is 6.10 Å². The van der Waals surface area contributed by atoms with E-state index in [1.54, 1.807) is 12.1 Å². The van der Waals surface area contributed by atoms with Crippen molar-refractivity contribution in [2.75, 3.05) is 24.6 Å². The molecule has 1 aromatic heterocycles. The Balaban J connectivity index is 2.18. The van der Waals surface area contributed by atoms with Gasteiger partial charge >= 0.3 is 5.97 Å². The van der Waals surface area contributed by atoms with E-state index in [1.165, 1.54) is 6.20 Å². The normalized spacial score (nSPS) is 19.6. The Morgan fingerprint density at radius 3 is 3.00 bits per heavy atom. The minimum Gasteiger partial charge on any atom is -0.479 e. The zero-order valence-corrected chi connectivity index (χ0v) is 9.57. The van der Waals surface area contributed by atoms with Crippen LogP contribution in [0.25, 0.3) is 0 Å². The lowest BCUT2D eigenvalue weighted by Gasteiger charge is -2.32. The highest BCUT2D eigenvalue weighted by molar-refractivity contribution is 5.91. The second-order valence-electron chi connectivity index (χ2n) is 3.91. The topological polar surface area (TPSA) is 106 Å². The number of carboxylic acids is 1. The lowest BCUT2D eigenvalue weighted by atomic mass is 10.2. The summed E-state index contributed by atoms with van der Waals surface area (Å²) in [5.41, 5.74) is 6.02. The van der Waals surface area contributed by atoms with E-state index < -0.39 is 18.0 Å². The van der Waals surface area contributed by atoms with E-state index in [0.29, 0.717) is 18.8 Å². The number of ether oxygens (including phenoxy) is 1. The first-order chi connectivity index (χ1) is 8.58. The molecule has 0 aromatic carbocycles. The number of anilines is 1. The number of carbonyl (C=O) groups excluding carboxylic acids is 1. The third kappa shape index (κ3) is 2.57. The van der Waals surface area contributed by atoms with Crippen molar-refractivity contribution >= 4 is 17.6 Å². The van der Waals surface area contributed by atoms with Crippen molar-refractivity contribution in [1.82, 2.24) is 4.98 Å². The Morgan fingerprint density at radius 2 is 2.33 bits per heavy atom. The quantitative estimate of drug-likeness (QED) is 0.748. The van der Waals surface area contributed by atoms with Crippen LogP contribution in [0.5, 0.6) is 0 Å². The van der Waals surface area contributed by atoms with Crippen LogP contribution in [0.4, 0.5) is 5.69 Å². The summed E-state index contributed by atoms with van der Waals surface area (Å²) in [7, 11) is 0. The number of nitrogens with zero attached hydrogens (tertiary/aromatic N) is 2. The van der Waals surface area contributed by atoms with Gasteiger partial charge in [0.2, 0.25) is 0 Å². The first-order valence-corrected chi connectivity index (χ1v) is 5.43. The molecule has 1 saturated heterocycles. The van der Waals surface area contributed by atoms with Gasteiger partial charge in [0, 0.05) is 18.4 Å². The fourth-order valence-electron chi connectivity index (χ4n) is 1.78. The fraction of sp³-hybridized carbons (Fsp3) is 0.364. The monoisotopic (exact) mass is 251 g/mol. The van der Waals surface area contributed by atoms with Crippen molar-refractivity contribution in [3.8, 4) is 0 Å². The van der Waals surface area contributed by atoms with Crippen LogP contribution < -0.4 is 10.6 Å². The van der Waals surface area contributed by atoms with Crippen LogP contribution in [0.15, 0.2) is 18.3 Å². The van der Waals surface area contributed by atoms with Gasteiger partial charge in [-0.05, 0) is 12.1 Å². The highest BCUT2D eigenvalue weighted by atomic mass is 16.5.